The lowest BCUT2D eigenvalue weighted by atomic mass is 9.77. The maximum atomic E-state index is 13.2. The summed E-state index contributed by atoms with van der Waals surface area (Å²) in [7, 11) is -3.74. The Hall–Kier alpha value is -4.63. The minimum Gasteiger partial charge on any atom is -0.489 e. The van der Waals surface area contributed by atoms with Crippen LogP contribution in [0.15, 0.2) is 108 Å². The number of hydrogen-bond donors (Lipinski definition) is 2. The minimum absolute atomic E-state index is 0.0520. The summed E-state index contributed by atoms with van der Waals surface area (Å²) in [5.41, 5.74) is 5.45. The second kappa shape index (κ2) is 10.7. The van der Waals surface area contributed by atoms with E-state index in [4.69, 9.17) is 4.74 Å². The Bertz CT molecular complexity index is 1730. The van der Waals surface area contributed by atoms with Crippen LogP contribution in [0.25, 0.3) is 0 Å². The van der Waals surface area contributed by atoms with Gasteiger partial charge in [0.2, 0.25) is 0 Å². The number of anilines is 2. The van der Waals surface area contributed by atoms with Gasteiger partial charge in [0.25, 0.3) is 15.7 Å². The van der Waals surface area contributed by atoms with Gasteiger partial charge in [0, 0.05) is 29.4 Å². The number of ether oxygens (including phenoxy) is 1. The van der Waals surface area contributed by atoms with Gasteiger partial charge in [-0.25, -0.2) is 8.42 Å². The van der Waals surface area contributed by atoms with Crippen molar-refractivity contribution in [2.24, 2.45) is 5.92 Å². The number of nitro benzene ring substituents is 1. The van der Waals surface area contributed by atoms with E-state index in [1.807, 2.05) is 55.5 Å². The van der Waals surface area contributed by atoms with Gasteiger partial charge in [-0.05, 0) is 96.1 Å². The molecule has 2 aliphatic rings. The van der Waals surface area contributed by atoms with E-state index in [-0.39, 0.29) is 28.5 Å². The first kappa shape index (κ1) is 26.6. The van der Waals surface area contributed by atoms with Crippen LogP contribution in [0.1, 0.15) is 40.6 Å². The smallest absolute Gasteiger partial charge is 0.269 e. The average Bonchev–Trinajstić information content (AvgIpc) is 3.46. The highest BCUT2D eigenvalue weighted by Gasteiger charge is 2.38. The molecule has 208 valence electrons. The number of benzene rings is 4. The lowest BCUT2D eigenvalue weighted by molar-refractivity contribution is -0.384. The van der Waals surface area contributed by atoms with Crippen LogP contribution in [0.4, 0.5) is 17.1 Å². The number of allylic oxidation sites excluding steroid dienone is 2. The molecule has 4 aromatic rings. The van der Waals surface area contributed by atoms with Gasteiger partial charge in [0.1, 0.15) is 12.4 Å². The van der Waals surface area contributed by atoms with Gasteiger partial charge in [-0.1, -0.05) is 36.4 Å². The molecule has 0 radical (unpaired) electrons. The topological polar surface area (TPSA) is 111 Å². The van der Waals surface area contributed by atoms with Gasteiger partial charge in [-0.2, -0.15) is 0 Å². The summed E-state index contributed by atoms with van der Waals surface area (Å²) < 4.78 is 35.0. The predicted octanol–water partition coefficient (Wildman–Crippen LogP) is 7.11. The molecule has 2 N–H and O–H groups in total. The first-order chi connectivity index (χ1) is 19.8. The van der Waals surface area contributed by atoms with E-state index in [9.17, 15) is 18.5 Å². The Balaban J connectivity index is 1.18. The van der Waals surface area contributed by atoms with E-state index in [1.54, 1.807) is 30.3 Å². The molecule has 9 heteroatoms. The summed E-state index contributed by atoms with van der Waals surface area (Å²) in [5.74, 6) is 1.06. The minimum atomic E-state index is -3.74. The third-order valence-corrected chi connectivity index (χ3v) is 9.09. The number of non-ortho nitro benzene ring substituents is 1. The molecule has 4 aromatic carbocycles. The highest BCUT2D eigenvalue weighted by molar-refractivity contribution is 7.92. The third kappa shape index (κ3) is 5.53. The van der Waals surface area contributed by atoms with E-state index in [2.05, 4.69) is 22.2 Å². The van der Waals surface area contributed by atoms with Crippen LogP contribution >= 0.6 is 0 Å². The Morgan fingerprint density at radius 3 is 2.51 bits per heavy atom. The second-order valence-corrected chi connectivity index (χ2v) is 12.2. The quantitative estimate of drug-likeness (QED) is 0.133. The summed E-state index contributed by atoms with van der Waals surface area (Å²) >= 11 is 0. The fourth-order valence-electron chi connectivity index (χ4n) is 5.64. The zero-order valence-electron chi connectivity index (χ0n) is 22.4. The van der Waals surface area contributed by atoms with Crippen molar-refractivity contribution in [3.8, 4) is 5.75 Å². The van der Waals surface area contributed by atoms with Gasteiger partial charge < -0.3 is 10.1 Å². The highest BCUT2D eigenvalue weighted by atomic mass is 32.2. The van der Waals surface area contributed by atoms with Crippen molar-refractivity contribution in [2.75, 3.05) is 10.0 Å². The van der Waals surface area contributed by atoms with Gasteiger partial charge in [-0.15, -0.1) is 0 Å². The standard InChI is InChI=1S/C32H29N3O5S/c1-21-4-2-5-24(18-21)34-41(38,39)27-16-17-31-30(19-27)28-6-3-7-29(28)32(33-31)23-10-14-26(15-11-23)40-20-22-8-12-25(13-9-22)35(36)37/h2-6,8-19,28-29,32-34H,7,20H2,1H3/t28-,29+,32+/m0/s1. The van der Waals surface area contributed by atoms with Crippen molar-refractivity contribution in [1.29, 1.82) is 0 Å². The molecule has 6 rings (SSSR count). The predicted molar refractivity (Wildman–Crippen MR) is 159 cm³/mol. The first-order valence-electron chi connectivity index (χ1n) is 13.4. The molecule has 41 heavy (non-hydrogen) atoms. The number of hydrogen-bond acceptors (Lipinski definition) is 6. The molecule has 0 unspecified atom stereocenters. The molecule has 0 saturated carbocycles. The lowest BCUT2D eigenvalue weighted by Crippen LogP contribution is -2.29. The molecule has 0 saturated heterocycles. The maximum absolute atomic E-state index is 13.2. The summed E-state index contributed by atoms with van der Waals surface area (Å²) in [4.78, 5) is 10.7. The monoisotopic (exact) mass is 567 g/mol. The van der Waals surface area contributed by atoms with Crippen molar-refractivity contribution in [3.05, 3.63) is 136 Å². The van der Waals surface area contributed by atoms with Crippen LogP contribution in [0.5, 0.6) is 5.75 Å². The number of sulfonamides is 1. The fraction of sp³-hybridized carbons (Fsp3) is 0.188. The van der Waals surface area contributed by atoms with E-state index in [1.165, 1.54) is 12.1 Å². The molecule has 8 nitrogen and oxygen atoms in total. The SMILES string of the molecule is Cc1cccc(NS(=O)(=O)c2ccc3c(c2)[C@H]2C=CC[C@H]2[C@@H](c2ccc(OCc4ccc([N+](=O)[O-])cc4)cc2)N3)c1. The Labute approximate surface area is 238 Å². The fourth-order valence-corrected chi connectivity index (χ4v) is 6.73. The Kier molecular flexibility index (Phi) is 6.96. The van der Waals surface area contributed by atoms with Gasteiger partial charge in [0.05, 0.1) is 15.9 Å². The van der Waals surface area contributed by atoms with Crippen LogP contribution in [0.3, 0.4) is 0 Å². The van der Waals surface area contributed by atoms with E-state index >= 15 is 0 Å². The molecule has 0 aromatic heterocycles. The van der Waals surface area contributed by atoms with E-state index in [0.717, 1.165) is 34.4 Å². The van der Waals surface area contributed by atoms with Gasteiger partial charge in [0.15, 0.2) is 0 Å². The summed E-state index contributed by atoms with van der Waals surface area (Å²) in [5, 5.41) is 14.5. The maximum Gasteiger partial charge on any atom is 0.269 e. The van der Waals surface area contributed by atoms with Crippen molar-refractivity contribution in [2.45, 2.75) is 36.8 Å². The van der Waals surface area contributed by atoms with Gasteiger partial charge >= 0.3 is 0 Å². The van der Waals surface area contributed by atoms with Crippen molar-refractivity contribution < 1.29 is 18.1 Å². The molecule has 0 bridgehead atoms. The third-order valence-electron chi connectivity index (χ3n) is 7.71. The summed E-state index contributed by atoms with van der Waals surface area (Å²) in [6.07, 6.45) is 5.25. The van der Waals surface area contributed by atoms with E-state index in [0.29, 0.717) is 18.0 Å². The number of nitrogens with one attached hydrogen (secondary N) is 2. The van der Waals surface area contributed by atoms with Crippen LogP contribution in [0.2, 0.25) is 0 Å². The summed E-state index contributed by atoms with van der Waals surface area (Å²) in [6.45, 7) is 2.23. The Morgan fingerprint density at radius 2 is 1.78 bits per heavy atom. The zero-order chi connectivity index (χ0) is 28.6. The molecule has 1 aliphatic carbocycles. The van der Waals surface area contributed by atoms with Crippen molar-refractivity contribution in [3.63, 3.8) is 0 Å². The Morgan fingerprint density at radius 1 is 1.00 bits per heavy atom. The number of nitro groups is 1. The number of rotatable bonds is 8. The number of nitrogens with zero attached hydrogens (tertiary/aromatic N) is 1. The normalized spacial score (nSPS) is 19.1. The van der Waals surface area contributed by atoms with Crippen LogP contribution in [-0.2, 0) is 16.6 Å². The molecule has 1 heterocycles. The van der Waals surface area contributed by atoms with Gasteiger partial charge in [-0.3, -0.25) is 14.8 Å². The number of fused-ring (bicyclic) bond motifs is 3. The number of aryl methyl sites for hydroxylation is 1. The molecule has 0 amide bonds. The molecular formula is C32H29N3O5S. The van der Waals surface area contributed by atoms with E-state index < -0.39 is 14.9 Å². The molecular weight excluding hydrogens is 538 g/mol. The largest absolute Gasteiger partial charge is 0.489 e. The highest BCUT2D eigenvalue weighted by Crippen LogP contribution is 2.50. The lowest BCUT2D eigenvalue weighted by Gasteiger charge is -2.37. The first-order valence-corrected chi connectivity index (χ1v) is 14.9. The zero-order valence-corrected chi connectivity index (χ0v) is 23.2. The molecule has 1 aliphatic heterocycles. The van der Waals surface area contributed by atoms with Crippen LogP contribution in [0, 0.1) is 23.0 Å². The molecule has 0 spiro atoms. The molecule has 0 fully saturated rings. The van der Waals surface area contributed by atoms with Crippen molar-refractivity contribution in [1.82, 2.24) is 0 Å². The second-order valence-electron chi connectivity index (χ2n) is 10.5. The van der Waals surface area contributed by atoms with Crippen LogP contribution in [-0.4, -0.2) is 13.3 Å². The summed E-state index contributed by atoms with van der Waals surface area (Å²) in [6, 6.07) is 27.0. The molecule has 3 atom stereocenters. The van der Waals surface area contributed by atoms with Crippen LogP contribution < -0.4 is 14.8 Å². The van der Waals surface area contributed by atoms with Crippen molar-refractivity contribution >= 4 is 27.1 Å². The average molecular weight is 568 g/mol.